The van der Waals surface area contributed by atoms with Gasteiger partial charge in [-0.3, -0.25) is 0 Å². The van der Waals surface area contributed by atoms with Gasteiger partial charge >= 0.3 is 6.03 Å². The zero-order valence-corrected chi connectivity index (χ0v) is 13.7. The number of aryl methyl sites for hydroxylation is 1. The third-order valence-corrected chi connectivity index (χ3v) is 4.50. The molecule has 1 N–H and O–H groups in total. The lowest BCUT2D eigenvalue weighted by molar-refractivity contribution is 0.188. The molecule has 3 heteroatoms. The van der Waals surface area contributed by atoms with Gasteiger partial charge in [0.05, 0.1) is 0 Å². The third-order valence-electron chi connectivity index (χ3n) is 4.50. The van der Waals surface area contributed by atoms with Crippen molar-refractivity contribution in [2.24, 2.45) is 0 Å². The van der Waals surface area contributed by atoms with Gasteiger partial charge in [0.25, 0.3) is 0 Å². The quantitative estimate of drug-likeness (QED) is 0.916. The molecule has 0 bridgehead atoms. The lowest BCUT2D eigenvalue weighted by Gasteiger charge is -2.30. The van der Waals surface area contributed by atoms with Crippen LogP contribution in [0.25, 0.3) is 0 Å². The molecule has 2 aromatic carbocycles. The summed E-state index contributed by atoms with van der Waals surface area (Å²) in [5.41, 5.74) is 3.96. The topological polar surface area (TPSA) is 32.3 Å². The van der Waals surface area contributed by atoms with Crippen molar-refractivity contribution in [1.29, 1.82) is 0 Å². The minimum atomic E-state index is 0.0556. The highest BCUT2D eigenvalue weighted by atomic mass is 16.2. The molecular weight excluding hydrogens is 284 g/mol. The maximum Gasteiger partial charge on any atom is 0.317 e. The van der Waals surface area contributed by atoms with Gasteiger partial charge in [0.1, 0.15) is 0 Å². The van der Waals surface area contributed by atoms with Crippen molar-refractivity contribution in [2.45, 2.75) is 38.8 Å². The Morgan fingerprint density at radius 1 is 1.09 bits per heavy atom. The number of hydrogen-bond donors (Lipinski definition) is 1. The van der Waals surface area contributed by atoms with Crippen LogP contribution in [0.4, 0.5) is 4.79 Å². The summed E-state index contributed by atoms with van der Waals surface area (Å²) in [7, 11) is 0. The molecule has 2 aromatic rings. The van der Waals surface area contributed by atoms with E-state index in [0.717, 1.165) is 25.8 Å². The van der Waals surface area contributed by atoms with Gasteiger partial charge in [-0.25, -0.2) is 4.79 Å². The second-order valence-electron chi connectivity index (χ2n) is 6.32. The first kappa shape index (κ1) is 15.6. The first-order chi connectivity index (χ1) is 11.2. The lowest BCUT2D eigenvalue weighted by atomic mass is 10.0. The predicted molar refractivity (Wildman–Crippen MR) is 93.3 cm³/mol. The van der Waals surface area contributed by atoms with Gasteiger partial charge in [0.2, 0.25) is 0 Å². The number of carbonyl (C=O) groups excluding carboxylic acids is 1. The van der Waals surface area contributed by atoms with E-state index in [4.69, 9.17) is 0 Å². The number of amides is 2. The molecule has 0 aliphatic carbocycles. The second-order valence-corrected chi connectivity index (χ2v) is 6.32. The fourth-order valence-electron chi connectivity index (χ4n) is 3.07. The minimum absolute atomic E-state index is 0.0556. The standard InChI is InChI=1S/C20H24N2O/c1-16(11-12-17-7-3-2-4-8-17)21-20(23)22-14-13-18-9-5-6-10-19(18)15-22/h2-10,16H,11-15H2,1H3,(H,21,23). The van der Waals surface area contributed by atoms with Crippen LogP contribution in [0.1, 0.15) is 30.0 Å². The molecule has 0 radical (unpaired) electrons. The molecule has 1 unspecified atom stereocenters. The number of fused-ring (bicyclic) bond motifs is 1. The highest BCUT2D eigenvalue weighted by Crippen LogP contribution is 2.18. The number of carbonyl (C=O) groups is 1. The molecule has 23 heavy (non-hydrogen) atoms. The van der Waals surface area contributed by atoms with Gasteiger partial charge < -0.3 is 10.2 Å². The van der Waals surface area contributed by atoms with Crippen LogP contribution in [0.2, 0.25) is 0 Å². The van der Waals surface area contributed by atoms with Gasteiger partial charge in [-0.05, 0) is 42.9 Å². The SMILES string of the molecule is CC(CCc1ccccc1)NC(=O)N1CCc2ccccc2C1. The molecule has 1 aliphatic heterocycles. The normalized spacial score (nSPS) is 14.9. The van der Waals surface area contributed by atoms with E-state index in [2.05, 4.69) is 54.7 Å². The smallest absolute Gasteiger partial charge is 0.317 e. The Labute approximate surface area is 138 Å². The summed E-state index contributed by atoms with van der Waals surface area (Å²) in [5, 5.41) is 3.14. The Morgan fingerprint density at radius 2 is 1.78 bits per heavy atom. The molecule has 1 atom stereocenters. The van der Waals surface area contributed by atoms with Crippen LogP contribution < -0.4 is 5.32 Å². The molecule has 0 fully saturated rings. The minimum Gasteiger partial charge on any atom is -0.336 e. The van der Waals surface area contributed by atoms with Gasteiger partial charge in [-0.1, -0.05) is 54.6 Å². The summed E-state index contributed by atoms with van der Waals surface area (Å²) in [6, 6.07) is 19.0. The molecule has 2 amide bonds. The van der Waals surface area contributed by atoms with Crippen molar-refractivity contribution < 1.29 is 4.79 Å². The summed E-state index contributed by atoms with van der Waals surface area (Å²) < 4.78 is 0. The largest absolute Gasteiger partial charge is 0.336 e. The summed E-state index contributed by atoms with van der Waals surface area (Å²) in [6.07, 6.45) is 2.90. The number of benzene rings is 2. The molecule has 120 valence electrons. The highest BCUT2D eigenvalue weighted by molar-refractivity contribution is 5.74. The number of urea groups is 1. The molecule has 0 saturated heterocycles. The number of hydrogen-bond acceptors (Lipinski definition) is 1. The van der Waals surface area contributed by atoms with Crippen molar-refractivity contribution in [1.82, 2.24) is 10.2 Å². The van der Waals surface area contributed by atoms with Crippen LogP contribution in [-0.4, -0.2) is 23.5 Å². The van der Waals surface area contributed by atoms with Crippen LogP contribution in [-0.2, 0) is 19.4 Å². The van der Waals surface area contributed by atoms with Gasteiger partial charge in [0.15, 0.2) is 0 Å². The maximum atomic E-state index is 12.4. The van der Waals surface area contributed by atoms with Crippen molar-refractivity contribution >= 4 is 6.03 Å². The van der Waals surface area contributed by atoms with Crippen LogP contribution in [0, 0.1) is 0 Å². The predicted octanol–water partition coefficient (Wildman–Crippen LogP) is 3.78. The van der Waals surface area contributed by atoms with Crippen molar-refractivity contribution in [3.63, 3.8) is 0 Å². The molecule has 1 heterocycles. The molecule has 3 rings (SSSR count). The Hall–Kier alpha value is -2.29. The van der Waals surface area contributed by atoms with Gasteiger partial charge in [-0.2, -0.15) is 0 Å². The average molecular weight is 308 g/mol. The fraction of sp³-hybridized carbons (Fsp3) is 0.350. The summed E-state index contributed by atoms with van der Waals surface area (Å²) in [6.45, 7) is 3.60. The van der Waals surface area contributed by atoms with E-state index in [1.807, 2.05) is 17.0 Å². The van der Waals surface area contributed by atoms with E-state index in [0.29, 0.717) is 6.54 Å². The first-order valence-corrected chi connectivity index (χ1v) is 8.38. The van der Waals surface area contributed by atoms with E-state index in [1.54, 1.807) is 0 Å². The monoisotopic (exact) mass is 308 g/mol. The number of rotatable bonds is 4. The average Bonchev–Trinajstić information content (AvgIpc) is 2.60. The zero-order valence-electron chi connectivity index (χ0n) is 13.7. The Bertz CT molecular complexity index is 654. The summed E-state index contributed by atoms with van der Waals surface area (Å²) in [5.74, 6) is 0. The van der Waals surface area contributed by atoms with E-state index < -0.39 is 0 Å². The van der Waals surface area contributed by atoms with Crippen LogP contribution >= 0.6 is 0 Å². The van der Waals surface area contributed by atoms with Crippen LogP contribution in [0.3, 0.4) is 0 Å². The van der Waals surface area contributed by atoms with E-state index >= 15 is 0 Å². The van der Waals surface area contributed by atoms with Crippen molar-refractivity contribution in [3.05, 3.63) is 71.3 Å². The maximum absolute atomic E-state index is 12.4. The highest BCUT2D eigenvalue weighted by Gasteiger charge is 2.21. The zero-order chi connectivity index (χ0) is 16.1. The van der Waals surface area contributed by atoms with E-state index in [1.165, 1.54) is 16.7 Å². The number of nitrogens with zero attached hydrogens (tertiary/aromatic N) is 1. The fourth-order valence-corrected chi connectivity index (χ4v) is 3.07. The summed E-state index contributed by atoms with van der Waals surface area (Å²) >= 11 is 0. The molecule has 1 aliphatic rings. The van der Waals surface area contributed by atoms with Crippen LogP contribution in [0.15, 0.2) is 54.6 Å². The van der Waals surface area contributed by atoms with Gasteiger partial charge in [-0.15, -0.1) is 0 Å². The van der Waals surface area contributed by atoms with E-state index in [-0.39, 0.29) is 12.1 Å². The van der Waals surface area contributed by atoms with E-state index in [9.17, 15) is 4.79 Å². The van der Waals surface area contributed by atoms with Crippen molar-refractivity contribution in [2.75, 3.05) is 6.54 Å². The lowest BCUT2D eigenvalue weighted by Crippen LogP contribution is -2.45. The second kappa shape index (κ2) is 7.32. The van der Waals surface area contributed by atoms with Gasteiger partial charge in [0, 0.05) is 19.1 Å². The molecular formula is C20H24N2O. The number of nitrogens with one attached hydrogen (secondary N) is 1. The molecule has 0 saturated carbocycles. The summed E-state index contributed by atoms with van der Waals surface area (Å²) in [4.78, 5) is 14.4. The Balaban J connectivity index is 1.49. The Kier molecular flexibility index (Phi) is 4.96. The molecule has 3 nitrogen and oxygen atoms in total. The molecule has 0 aromatic heterocycles. The van der Waals surface area contributed by atoms with Crippen LogP contribution in [0.5, 0.6) is 0 Å². The van der Waals surface area contributed by atoms with Crippen molar-refractivity contribution in [3.8, 4) is 0 Å². The third kappa shape index (κ3) is 4.13. The molecule has 0 spiro atoms. The Morgan fingerprint density at radius 3 is 2.57 bits per heavy atom. The first-order valence-electron chi connectivity index (χ1n) is 8.38.